The average Bonchev–Trinajstić information content (AvgIpc) is 2.32. The molecule has 0 spiro atoms. The van der Waals surface area contributed by atoms with Crippen LogP contribution in [0.3, 0.4) is 0 Å². The number of nitrogens with one attached hydrogen (secondary N) is 2. The molecule has 98 valence electrons. The van der Waals surface area contributed by atoms with E-state index < -0.39 is 10.0 Å². The zero-order chi connectivity index (χ0) is 14.5. The fraction of sp³-hybridized carbons (Fsp3) is 0.182. The van der Waals surface area contributed by atoms with E-state index in [1.807, 2.05) is 0 Å². The molecule has 7 nitrogen and oxygen atoms in total. The maximum absolute atomic E-state index is 11.1. The maximum Gasteiger partial charge on any atom is 0.237 e. The van der Waals surface area contributed by atoms with E-state index in [9.17, 15) is 8.42 Å². The molecule has 0 bridgehead atoms. The first-order valence-electron chi connectivity index (χ1n) is 5.08. The maximum atomic E-state index is 11.1. The number of sulfonamides is 1. The highest BCUT2D eigenvalue weighted by atomic mass is 32.2. The van der Waals surface area contributed by atoms with Gasteiger partial charge in [0, 0.05) is 0 Å². The minimum absolute atomic E-state index is 0.295. The molecule has 0 aliphatic carbocycles. The lowest BCUT2D eigenvalue weighted by Crippen LogP contribution is -2.10. The Kier molecular flexibility index (Phi) is 4.46. The van der Waals surface area contributed by atoms with Gasteiger partial charge in [0.05, 0.1) is 17.6 Å². The van der Waals surface area contributed by atoms with Gasteiger partial charge in [0.25, 0.3) is 0 Å². The van der Waals surface area contributed by atoms with Crippen molar-refractivity contribution in [2.24, 2.45) is 5.10 Å². The molecule has 0 saturated carbocycles. The second-order valence-corrected chi connectivity index (χ2v) is 5.45. The molecule has 1 aromatic carbocycles. The smallest absolute Gasteiger partial charge is 0.237 e. The van der Waals surface area contributed by atoms with Crippen molar-refractivity contribution in [2.45, 2.75) is 6.92 Å². The summed E-state index contributed by atoms with van der Waals surface area (Å²) in [6, 6.07) is 8.01. The van der Waals surface area contributed by atoms with Gasteiger partial charge in [0.15, 0.2) is 0 Å². The van der Waals surface area contributed by atoms with E-state index in [-0.39, 0.29) is 5.71 Å². The molecule has 0 aliphatic heterocycles. The average molecular weight is 277 g/mol. The SMILES string of the molecule is Cc1cc(NN=C(C#N)C#N)ccc1NS(C)(=O)=O. The summed E-state index contributed by atoms with van der Waals surface area (Å²) in [6.07, 6.45) is 1.06. The molecule has 0 unspecified atom stereocenters. The zero-order valence-corrected chi connectivity index (χ0v) is 11.1. The summed E-state index contributed by atoms with van der Waals surface area (Å²) in [6.45, 7) is 1.72. The Morgan fingerprint density at radius 3 is 2.42 bits per heavy atom. The van der Waals surface area contributed by atoms with Gasteiger partial charge in [0.2, 0.25) is 15.7 Å². The molecule has 0 heterocycles. The predicted octanol–water partition coefficient (Wildman–Crippen LogP) is 1.18. The molecule has 0 aliphatic rings. The van der Waals surface area contributed by atoms with Crippen LogP contribution in [0.25, 0.3) is 0 Å². The molecule has 1 rings (SSSR count). The second-order valence-electron chi connectivity index (χ2n) is 3.70. The third kappa shape index (κ3) is 4.66. The molecule has 0 radical (unpaired) electrons. The molecule has 0 fully saturated rings. The topological polar surface area (TPSA) is 118 Å². The van der Waals surface area contributed by atoms with Crippen molar-refractivity contribution in [1.29, 1.82) is 10.5 Å². The first-order chi connectivity index (χ1) is 8.85. The van der Waals surface area contributed by atoms with Crippen LogP contribution in [-0.4, -0.2) is 20.4 Å². The Morgan fingerprint density at radius 1 is 1.32 bits per heavy atom. The summed E-state index contributed by atoms with van der Waals surface area (Å²) < 4.78 is 24.6. The molecule has 8 heteroatoms. The summed E-state index contributed by atoms with van der Waals surface area (Å²) in [5, 5.41) is 20.6. The van der Waals surface area contributed by atoms with Crippen molar-refractivity contribution in [3.63, 3.8) is 0 Å². The van der Waals surface area contributed by atoms with Crippen LogP contribution in [-0.2, 0) is 10.0 Å². The van der Waals surface area contributed by atoms with Gasteiger partial charge in [-0.05, 0) is 30.7 Å². The molecule has 1 aromatic rings. The minimum Gasteiger partial charge on any atom is -0.284 e. The first-order valence-corrected chi connectivity index (χ1v) is 6.97. The van der Waals surface area contributed by atoms with Crippen molar-refractivity contribution < 1.29 is 8.42 Å². The Hall–Kier alpha value is -2.58. The van der Waals surface area contributed by atoms with Crippen molar-refractivity contribution in [3.05, 3.63) is 23.8 Å². The monoisotopic (exact) mass is 277 g/mol. The molecule has 0 saturated heterocycles. The second kappa shape index (κ2) is 5.85. The van der Waals surface area contributed by atoms with Gasteiger partial charge in [0.1, 0.15) is 12.1 Å². The molecular weight excluding hydrogens is 266 g/mol. The summed E-state index contributed by atoms with van der Waals surface area (Å²) >= 11 is 0. The Balaban J connectivity index is 2.93. The third-order valence-electron chi connectivity index (χ3n) is 2.03. The fourth-order valence-corrected chi connectivity index (χ4v) is 1.87. The highest BCUT2D eigenvalue weighted by Gasteiger charge is 2.05. The van der Waals surface area contributed by atoms with Crippen LogP contribution in [0.5, 0.6) is 0 Å². The lowest BCUT2D eigenvalue weighted by atomic mass is 10.2. The molecule has 0 aromatic heterocycles. The summed E-state index contributed by atoms with van der Waals surface area (Å²) in [4.78, 5) is 0. The van der Waals surface area contributed by atoms with E-state index in [4.69, 9.17) is 10.5 Å². The number of aryl methyl sites for hydroxylation is 1. The van der Waals surface area contributed by atoms with Crippen LogP contribution in [0.2, 0.25) is 0 Å². The highest BCUT2D eigenvalue weighted by Crippen LogP contribution is 2.20. The normalized spacial score (nSPS) is 9.89. The van der Waals surface area contributed by atoms with Gasteiger partial charge in [-0.1, -0.05) is 0 Å². The lowest BCUT2D eigenvalue weighted by molar-refractivity contribution is 0.607. The minimum atomic E-state index is -3.33. The van der Waals surface area contributed by atoms with Crippen LogP contribution >= 0.6 is 0 Å². The fourth-order valence-electron chi connectivity index (χ4n) is 1.24. The van der Waals surface area contributed by atoms with Crippen molar-refractivity contribution in [3.8, 4) is 12.1 Å². The number of anilines is 2. The van der Waals surface area contributed by atoms with Gasteiger partial charge in [-0.15, -0.1) is 0 Å². The van der Waals surface area contributed by atoms with E-state index in [1.165, 1.54) is 0 Å². The third-order valence-corrected chi connectivity index (χ3v) is 2.62. The van der Waals surface area contributed by atoms with Crippen LogP contribution in [0.4, 0.5) is 11.4 Å². The summed E-state index contributed by atoms with van der Waals surface area (Å²) in [5.41, 5.74) is 3.93. The standard InChI is InChI=1S/C11H11N5O2S/c1-8-5-9(14-15-10(6-12)7-13)3-4-11(8)16-19(2,17)18/h3-5,14,16H,1-2H3. The predicted molar refractivity (Wildman–Crippen MR) is 71.9 cm³/mol. The summed E-state index contributed by atoms with van der Waals surface area (Å²) in [5.74, 6) is 0. The number of benzene rings is 1. The first kappa shape index (κ1) is 14.5. The Bertz CT molecular complexity index is 679. The molecule has 19 heavy (non-hydrogen) atoms. The van der Waals surface area contributed by atoms with Gasteiger partial charge in [-0.3, -0.25) is 10.1 Å². The summed E-state index contributed by atoms with van der Waals surface area (Å²) in [7, 11) is -3.33. The van der Waals surface area contributed by atoms with Gasteiger partial charge in [-0.25, -0.2) is 8.42 Å². The number of nitrogens with zero attached hydrogens (tertiary/aromatic N) is 3. The number of rotatable bonds is 4. The van der Waals surface area contributed by atoms with Crippen molar-refractivity contribution in [1.82, 2.24) is 0 Å². The van der Waals surface area contributed by atoms with E-state index in [2.05, 4.69) is 15.2 Å². The van der Waals surface area contributed by atoms with E-state index in [0.717, 1.165) is 6.26 Å². The quantitative estimate of drug-likeness (QED) is 0.632. The van der Waals surface area contributed by atoms with Crippen molar-refractivity contribution in [2.75, 3.05) is 16.4 Å². The Morgan fingerprint density at radius 2 is 1.95 bits per heavy atom. The van der Waals surface area contributed by atoms with Crippen LogP contribution in [0.15, 0.2) is 23.3 Å². The zero-order valence-electron chi connectivity index (χ0n) is 10.3. The molecular formula is C11H11N5O2S. The van der Waals surface area contributed by atoms with Gasteiger partial charge in [-0.2, -0.15) is 15.6 Å². The van der Waals surface area contributed by atoms with Crippen LogP contribution in [0.1, 0.15) is 5.56 Å². The number of hydrazone groups is 1. The Labute approximate surface area is 111 Å². The van der Waals surface area contributed by atoms with Gasteiger partial charge < -0.3 is 0 Å². The van der Waals surface area contributed by atoms with E-state index in [0.29, 0.717) is 16.9 Å². The number of hydrogen-bond donors (Lipinski definition) is 2. The number of hydrogen-bond acceptors (Lipinski definition) is 6. The van der Waals surface area contributed by atoms with Crippen LogP contribution < -0.4 is 10.1 Å². The van der Waals surface area contributed by atoms with Crippen molar-refractivity contribution >= 4 is 27.1 Å². The van der Waals surface area contributed by atoms with E-state index in [1.54, 1.807) is 37.3 Å². The van der Waals surface area contributed by atoms with E-state index >= 15 is 0 Å². The largest absolute Gasteiger partial charge is 0.284 e. The van der Waals surface area contributed by atoms with Crippen LogP contribution in [0, 0.1) is 29.6 Å². The molecule has 0 amide bonds. The molecule has 0 atom stereocenters. The number of nitriles is 2. The van der Waals surface area contributed by atoms with Gasteiger partial charge >= 0.3 is 0 Å². The molecule has 2 N–H and O–H groups in total. The highest BCUT2D eigenvalue weighted by molar-refractivity contribution is 7.92. The lowest BCUT2D eigenvalue weighted by Gasteiger charge is -2.09.